The molecule has 4 aliphatic rings. The molecule has 2 aliphatic heterocycles. The van der Waals surface area contributed by atoms with Gasteiger partial charge in [-0.2, -0.15) is 0 Å². The molecule has 6 bridgehead atoms. The van der Waals surface area contributed by atoms with Crippen LogP contribution in [0.1, 0.15) is 109 Å². The number of unbranched alkanes of at least 4 members (excludes halogenated alkanes) is 1. The predicted molar refractivity (Wildman–Crippen MR) is 267 cm³/mol. The summed E-state index contributed by atoms with van der Waals surface area (Å²) in [5, 5.41) is 59.4. The molecule has 6 N–H and O–H groups in total. The van der Waals surface area contributed by atoms with E-state index in [1.165, 1.54) is 11.1 Å². The summed E-state index contributed by atoms with van der Waals surface area (Å²) in [4.78, 5) is 13.8. The van der Waals surface area contributed by atoms with Crippen LogP contribution in [0.5, 0.6) is 17.2 Å². The van der Waals surface area contributed by atoms with Crippen molar-refractivity contribution in [3.05, 3.63) is 159 Å². The smallest absolute Gasteiger partial charge is 0.178 e. The Morgan fingerprint density at radius 1 is 0.882 bits per heavy atom. The van der Waals surface area contributed by atoms with Crippen LogP contribution in [0.3, 0.4) is 0 Å². The highest BCUT2D eigenvalue weighted by atomic mass is 16.5. The van der Waals surface area contributed by atoms with Crippen molar-refractivity contribution in [1.29, 1.82) is 0 Å². The molecule has 68 heavy (non-hydrogen) atoms. The number of ether oxygens (including phenoxy) is 3. The number of benzene rings is 5. The van der Waals surface area contributed by atoms with Crippen molar-refractivity contribution in [2.24, 2.45) is 11.8 Å². The Bertz CT molecular complexity index is 2740. The van der Waals surface area contributed by atoms with Gasteiger partial charge in [0, 0.05) is 47.6 Å². The third kappa shape index (κ3) is 11.6. The van der Waals surface area contributed by atoms with Crippen LogP contribution in [0.25, 0.3) is 16.8 Å². The minimum absolute atomic E-state index is 0.00935. The van der Waals surface area contributed by atoms with Crippen LogP contribution in [0, 0.1) is 23.9 Å². The first kappa shape index (κ1) is 48.0. The number of hydrogen-bond acceptors (Lipinski definition) is 10. The molecular formula is C58H63NO9. The van der Waals surface area contributed by atoms with Crippen LogP contribution in [0.2, 0.25) is 0 Å². The van der Waals surface area contributed by atoms with Crippen molar-refractivity contribution in [2.75, 3.05) is 12.4 Å². The van der Waals surface area contributed by atoms with Gasteiger partial charge in [0.1, 0.15) is 36.1 Å². The summed E-state index contributed by atoms with van der Waals surface area (Å²) in [5.41, 5.74) is 7.30. The van der Waals surface area contributed by atoms with Crippen molar-refractivity contribution < 1.29 is 44.5 Å². The number of aromatic hydroxyl groups is 1. The number of ketones is 1. The predicted octanol–water partition coefficient (Wildman–Crippen LogP) is 10.5. The minimum atomic E-state index is -1.82. The second-order valence-electron chi connectivity index (χ2n) is 18.6. The van der Waals surface area contributed by atoms with Crippen LogP contribution >= 0.6 is 0 Å². The number of carbonyl (C=O) groups excluding carboxylic acids is 1. The second kappa shape index (κ2) is 22.1. The number of rotatable bonds is 14. The molecule has 2 heterocycles. The largest absolute Gasteiger partial charge is 0.508 e. The lowest BCUT2D eigenvalue weighted by molar-refractivity contribution is -0.121. The van der Waals surface area contributed by atoms with Gasteiger partial charge < -0.3 is 45.1 Å². The molecular weight excluding hydrogens is 855 g/mol. The number of fused-ring (bicyclic) bond motifs is 9. The lowest BCUT2D eigenvalue weighted by atomic mass is 9.80. The van der Waals surface area contributed by atoms with Crippen LogP contribution < -0.4 is 14.8 Å². The first-order chi connectivity index (χ1) is 32.9. The van der Waals surface area contributed by atoms with E-state index >= 15 is 0 Å². The number of methoxy groups -OCH3 is 1. The Kier molecular flexibility index (Phi) is 15.6. The molecule has 10 nitrogen and oxygen atoms in total. The molecule has 354 valence electrons. The lowest BCUT2D eigenvalue weighted by Crippen LogP contribution is -2.33. The number of allylic oxidation sites excluding steroid dienone is 4. The van der Waals surface area contributed by atoms with Crippen molar-refractivity contribution in [1.82, 2.24) is 0 Å². The van der Waals surface area contributed by atoms with Gasteiger partial charge in [-0.1, -0.05) is 86.0 Å². The first-order valence-corrected chi connectivity index (χ1v) is 23.9. The molecule has 0 aromatic heterocycles. The average molecular weight is 918 g/mol. The molecule has 0 saturated heterocycles. The summed E-state index contributed by atoms with van der Waals surface area (Å²) >= 11 is 0. The zero-order chi connectivity index (χ0) is 47.7. The quantitative estimate of drug-likeness (QED) is 0.0360. The van der Waals surface area contributed by atoms with Crippen LogP contribution in [-0.4, -0.2) is 56.7 Å². The molecule has 6 atom stereocenters. The maximum Gasteiger partial charge on any atom is 0.178 e. The molecule has 10 heteroatoms. The number of phenolic OH excluding ortho intramolecular Hbond substituents is 1. The molecule has 5 aromatic carbocycles. The van der Waals surface area contributed by atoms with Crippen molar-refractivity contribution in [3.8, 4) is 29.3 Å². The molecule has 0 spiro atoms. The highest BCUT2D eigenvalue weighted by Gasteiger charge is 2.29. The van der Waals surface area contributed by atoms with Gasteiger partial charge in [-0.25, -0.2) is 0 Å². The Morgan fingerprint density at radius 2 is 1.71 bits per heavy atom. The standard InChI is InChI=1S/C58H63NO9/c1-36-18-24-48-52-35-68-56-29-40(20-25-55(56)66-3)19-22-45(62)32-46(67-26-10-17-47-50(33-51(52)58(64)65)57(48)49(36)34-54(47)63)31-42-30-44(61)23-21-41(42)15-8-7-13-38-14-9-16-43(27-38)59-53(37(2)60)28-39-11-5-4-6-12-39/h4-6,9,11-12,14,16,18,20-21,23-25,27,29-30,33-34,36-37,41-42,46,53,58-61,63-65H,7-8,13,15,17,19,22,28,31-32,35H2,1-3H3/t36-,37+,41-,42+,46+,53-/m1/s1. The van der Waals surface area contributed by atoms with E-state index in [2.05, 4.69) is 60.7 Å². The average Bonchev–Trinajstić information content (AvgIpc) is 3.32. The summed E-state index contributed by atoms with van der Waals surface area (Å²) in [6.45, 7) is 3.88. The van der Waals surface area contributed by atoms with Gasteiger partial charge in [-0.05, 0) is 144 Å². The van der Waals surface area contributed by atoms with Crippen LogP contribution in [0.15, 0.2) is 115 Å². The van der Waals surface area contributed by atoms with Gasteiger partial charge in [-0.15, -0.1) is 0 Å². The fraction of sp³-hybridized carbons (Fsp3) is 0.362. The van der Waals surface area contributed by atoms with E-state index in [1.54, 1.807) is 25.3 Å². The summed E-state index contributed by atoms with van der Waals surface area (Å²) in [6, 6.07) is 27.5. The molecule has 0 saturated carbocycles. The normalized spacial score (nSPS) is 20.0. The number of nitrogens with one attached hydrogen (secondary N) is 1. The molecule has 0 unspecified atom stereocenters. The molecule has 2 aliphatic carbocycles. The molecule has 0 radical (unpaired) electrons. The molecule has 0 amide bonds. The van der Waals surface area contributed by atoms with E-state index in [0.29, 0.717) is 47.3 Å². The van der Waals surface area contributed by atoms with E-state index in [0.717, 1.165) is 53.4 Å². The van der Waals surface area contributed by atoms with Crippen LogP contribution in [-0.2, 0) is 41.8 Å². The topological polar surface area (TPSA) is 158 Å². The third-order valence-electron chi connectivity index (χ3n) is 13.8. The van der Waals surface area contributed by atoms with Gasteiger partial charge in [-0.3, -0.25) is 4.79 Å². The lowest BCUT2D eigenvalue weighted by Gasteiger charge is -2.28. The third-order valence-corrected chi connectivity index (χ3v) is 13.8. The van der Waals surface area contributed by atoms with E-state index in [-0.39, 0.29) is 72.5 Å². The molecule has 0 fully saturated rings. The van der Waals surface area contributed by atoms with Gasteiger partial charge in [0.05, 0.1) is 19.3 Å². The zero-order valence-electron chi connectivity index (χ0n) is 39.2. The maximum atomic E-state index is 13.8. The highest BCUT2D eigenvalue weighted by molar-refractivity contribution is 6.01. The van der Waals surface area contributed by atoms with Crippen molar-refractivity contribution >= 4 is 28.3 Å². The Balaban J connectivity index is 1.00. The van der Waals surface area contributed by atoms with Gasteiger partial charge in [0.25, 0.3) is 0 Å². The van der Waals surface area contributed by atoms with Crippen LogP contribution in [0.4, 0.5) is 5.69 Å². The number of carbonyl (C=O) groups is 1. The Morgan fingerprint density at radius 3 is 2.50 bits per heavy atom. The Labute approximate surface area is 399 Å². The highest BCUT2D eigenvalue weighted by Crippen LogP contribution is 2.44. The monoisotopic (exact) mass is 917 g/mol. The van der Waals surface area contributed by atoms with Gasteiger partial charge in [0.2, 0.25) is 0 Å². The summed E-state index contributed by atoms with van der Waals surface area (Å²) < 4.78 is 18.4. The van der Waals surface area contributed by atoms with Crippen molar-refractivity contribution in [3.63, 3.8) is 0 Å². The summed E-state index contributed by atoms with van der Waals surface area (Å²) in [5.74, 6) is 4.31. The number of phenols is 1. The van der Waals surface area contributed by atoms with E-state index in [4.69, 9.17) is 14.2 Å². The zero-order valence-corrected chi connectivity index (χ0v) is 39.2. The second-order valence-corrected chi connectivity index (χ2v) is 18.6. The SMILES string of the molecule is COc1ccc2cc1OCc1c(C(O)O)cc3c(c(O)cc4c3c1C=C[C@H]4C)CC#CO[C@@H](C[C@@H]1C=C(O)C=C[C@H]1CCCCc1cccc(N[C@H](Cc3ccccc3)[C@H](C)O)c1)CC(=O)CC2. The number of anilines is 1. The number of aliphatic hydroxyl groups is 4. The number of aryl methyl sites for hydroxylation is 2. The molecule has 9 rings (SSSR count). The van der Waals surface area contributed by atoms with Gasteiger partial charge in [0.15, 0.2) is 17.8 Å². The number of hydrogen-bond donors (Lipinski definition) is 6. The summed E-state index contributed by atoms with van der Waals surface area (Å²) in [7, 11) is 1.56. The Hall–Kier alpha value is -6.51. The van der Waals surface area contributed by atoms with Crippen molar-refractivity contribution in [2.45, 2.75) is 115 Å². The fourth-order valence-corrected chi connectivity index (χ4v) is 10.00. The van der Waals surface area contributed by atoms with E-state index in [9.17, 15) is 30.3 Å². The van der Waals surface area contributed by atoms with E-state index in [1.807, 2.05) is 67.6 Å². The minimum Gasteiger partial charge on any atom is -0.508 e. The van der Waals surface area contributed by atoms with E-state index < -0.39 is 18.5 Å². The molecule has 5 aromatic rings. The number of aliphatic hydroxyl groups excluding tert-OH is 3. The first-order valence-electron chi connectivity index (χ1n) is 23.9. The van der Waals surface area contributed by atoms with Gasteiger partial charge >= 0.3 is 0 Å². The summed E-state index contributed by atoms with van der Waals surface area (Å²) in [6.07, 6.45) is 15.4. The number of Topliss-reactive ketones (excluding diaryl/α,β-unsaturated/α-hetero) is 1. The fourth-order valence-electron chi connectivity index (χ4n) is 10.00. The maximum absolute atomic E-state index is 13.8.